The topological polar surface area (TPSA) is 43.8 Å². The maximum absolute atomic E-state index is 5.97. The van der Waals surface area contributed by atoms with Crippen LogP contribution in [-0.4, -0.2) is 9.78 Å². The highest BCUT2D eigenvalue weighted by Gasteiger charge is 2.10. The first-order chi connectivity index (χ1) is 7.49. The summed E-state index contributed by atoms with van der Waals surface area (Å²) < 4.78 is 1.76. The second-order valence-electron chi connectivity index (χ2n) is 3.66. The molecule has 84 valence electrons. The highest BCUT2D eigenvalue weighted by molar-refractivity contribution is 6.42. The molecule has 0 saturated heterocycles. The van der Waals surface area contributed by atoms with Crippen molar-refractivity contribution >= 4 is 28.9 Å². The van der Waals surface area contributed by atoms with Crippen LogP contribution in [0.5, 0.6) is 0 Å². The minimum Gasteiger partial charge on any atom is -0.397 e. The molecule has 0 spiro atoms. The molecule has 0 saturated carbocycles. The lowest BCUT2D eigenvalue weighted by Crippen LogP contribution is -2.03. The van der Waals surface area contributed by atoms with Crippen molar-refractivity contribution in [3.8, 4) is 5.69 Å². The van der Waals surface area contributed by atoms with E-state index in [1.807, 2.05) is 19.9 Å². The Balaban J connectivity index is 2.64. The van der Waals surface area contributed by atoms with Crippen LogP contribution >= 0.6 is 23.2 Å². The van der Waals surface area contributed by atoms with Crippen LogP contribution in [0.4, 0.5) is 5.69 Å². The van der Waals surface area contributed by atoms with E-state index in [1.54, 1.807) is 16.8 Å². The van der Waals surface area contributed by atoms with Crippen LogP contribution in [-0.2, 0) is 0 Å². The van der Waals surface area contributed by atoms with E-state index in [0.29, 0.717) is 15.7 Å². The van der Waals surface area contributed by atoms with E-state index in [4.69, 9.17) is 28.9 Å². The number of aryl methyl sites for hydroxylation is 2. The fourth-order valence-corrected chi connectivity index (χ4v) is 1.94. The third kappa shape index (κ3) is 1.88. The normalized spacial score (nSPS) is 10.8. The molecule has 2 N–H and O–H groups in total. The molecule has 3 nitrogen and oxygen atoms in total. The molecule has 0 bridgehead atoms. The first-order valence-corrected chi connectivity index (χ1v) is 5.53. The molecule has 0 amide bonds. The van der Waals surface area contributed by atoms with Gasteiger partial charge >= 0.3 is 0 Å². The second-order valence-corrected chi connectivity index (χ2v) is 4.48. The van der Waals surface area contributed by atoms with Crippen molar-refractivity contribution in [2.45, 2.75) is 13.8 Å². The predicted molar refractivity (Wildman–Crippen MR) is 67.5 cm³/mol. The number of hydrogen-bond donors (Lipinski definition) is 1. The highest BCUT2D eigenvalue weighted by Crippen LogP contribution is 2.30. The van der Waals surface area contributed by atoms with Gasteiger partial charge in [0.05, 0.1) is 27.1 Å². The Labute approximate surface area is 104 Å². The third-order valence-corrected chi connectivity index (χ3v) is 3.03. The second kappa shape index (κ2) is 4.00. The molecule has 0 aliphatic heterocycles. The van der Waals surface area contributed by atoms with Gasteiger partial charge in [-0.2, -0.15) is 5.10 Å². The van der Waals surface area contributed by atoms with E-state index in [0.717, 1.165) is 17.1 Å². The van der Waals surface area contributed by atoms with Crippen molar-refractivity contribution < 1.29 is 0 Å². The highest BCUT2D eigenvalue weighted by atomic mass is 35.5. The summed E-state index contributed by atoms with van der Waals surface area (Å²) in [5.41, 5.74) is 9.14. The van der Waals surface area contributed by atoms with Crippen LogP contribution in [0.3, 0.4) is 0 Å². The Bertz CT molecular complexity index is 546. The van der Waals surface area contributed by atoms with Crippen molar-refractivity contribution in [3.05, 3.63) is 39.6 Å². The summed E-state index contributed by atoms with van der Waals surface area (Å²) >= 11 is 11.8. The Morgan fingerprint density at radius 1 is 1.12 bits per heavy atom. The van der Waals surface area contributed by atoms with Crippen molar-refractivity contribution in [1.29, 1.82) is 0 Å². The molecule has 1 aromatic carbocycles. The number of anilines is 1. The molecule has 1 heterocycles. The SMILES string of the molecule is Cc1cc(C)n(-c2cc(Cl)c(Cl)cc2N)n1. The number of hydrogen-bond acceptors (Lipinski definition) is 2. The Morgan fingerprint density at radius 3 is 2.31 bits per heavy atom. The molecule has 0 radical (unpaired) electrons. The van der Waals surface area contributed by atoms with E-state index in [1.165, 1.54) is 0 Å². The number of nitrogens with two attached hydrogens (primary N) is 1. The molecule has 16 heavy (non-hydrogen) atoms. The predicted octanol–water partition coefficient (Wildman–Crippen LogP) is 3.38. The zero-order chi connectivity index (χ0) is 11.9. The van der Waals surface area contributed by atoms with Gasteiger partial charge in [-0.3, -0.25) is 0 Å². The Morgan fingerprint density at radius 2 is 1.75 bits per heavy atom. The van der Waals surface area contributed by atoms with Crippen LogP contribution in [0.15, 0.2) is 18.2 Å². The van der Waals surface area contributed by atoms with Gasteiger partial charge in [-0.15, -0.1) is 0 Å². The van der Waals surface area contributed by atoms with Crippen LogP contribution in [0, 0.1) is 13.8 Å². The Hall–Kier alpha value is -1.19. The van der Waals surface area contributed by atoms with Crippen LogP contribution in [0.1, 0.15) is 11.4 Å². The van der Waals surface area contributed by atoms with Crippen LogP contribution in [0.2, 0.25) is 10.0 Å². The molecule has 2 aromatic rings. The molecule has 0 aliphatic carbocycles. The Kier molecular flexibility index (Phi) is 2.82. The van der Waals surface area contributed by atoms with Crippen molar-refractivity contribution in [3.63, 3.8) is 0 Å². The minimum absolute atomic E-state index is 0.449. The number of halogens is 2. The van der Waals surface area contributed by atoms with Crippen LogP contribution < -0.4 is 5.73 Å². The molecular weight excluding hydrogens is 245 g/mol. The number of rotatable bonds is 1. The zero-order valence-corrected chi connectivity index (χ0v) is 10.5. The molecule has 1 aromatic heterocycles. The van der Waals surface area contributed by atoms with Gasteiger partial charge in [0.2, 0.25) is 0 Å². The van der Waals surface area contributed by atoms with Gasteiger partial charge in [-0.05, 0) is 32.0 Å². The average molecular weight is 256 g/mol. The van der Waals surface area contributed by atoms with Gasteiger partial charge in [-0.25, -0.2) is 4.68 Å². The number of nitrogen functional groups attached to an aromatic ring is 1. The van der Waals surface area contributed by atoms with Crippen molar-refractivity contribution in [2.24, 2.45) is 0 Å². The van der Waals surface area contributed by atoms with Gasteiger partial charge in [0.1, 0.15) is 0 Å². The molecule has 2 rings (SSSR count). The molecule has 5 heteroatoms. The smallest absolute Gasteiger partial charge is 0.0893 e. The quantitative estimate of drug-likeness (QED) is 0.795. The number of benzene rings is 1. The summed E-state index contributed by atoms with van der Waals surface area (Å²) in [6, 6.07) is 5.33. The maximum atomic E-state index is 5.97. The summed E-state index contributed by atoms with van der Waals surface area (Å²) in [5.74, 6) is 0. The average Bonchev–Trinajstić information content (AvgIpc) is 2.51. The van der Waals surface area contributed by atoms with Crippen molar-refractivity contribution in [1.82, 2.24) is 9.78 Å². The monoisotopic (exact) mass is 255 g/mol. The lowest BCUT2D eigenvalue weighted by Gasteiger charge is -2.09. The van der Waals surface area contributed by atoms with Crippen molar-refractivity contribution in [2.75, 3.05) is 5.73 Å². The summed E-state index contributed by atoms with van der Waals surface area (Å²) in [4.78, 5) is 0. The first-order valence-electron chi connectivity index (χ1n) is 4.77. The molecule has 0 aliphatic rings. The standard InChI is InChI=1S/C11H11Cl2N3/c1-6-3-7(2)16(15-6)11-5-9(13)8(12)4-10(11)14/h3-5H,14H2,1-2H3. The fraction of sp³-hybridized carbons (Fsp3) is 0.182. The summed E-state index contributed by atoms with van der Waals surface area (Å²) in [6.07, 6.45) is 0. The lowest BCUT2D eigenvalue weighted by molar-refractivity contribution is 0.836. The van der Waals surface area contributed by atoms with Gasteiger partial charge in [0, 0.05) is 5.69 Å². The van der Waals surface area contributed by atoms with E-state index in [2.05, 4.69) is 5.10 Å². The lowest BCUT2D eigenvalue weighted by atomic mass is 10.2. The zero-order valence-electron chi connectivity index (χ0n) is 8.96. The van der Waals surface area contributed by atoms with Gasteiger partial charge in [0.15, 0.2) is 0 Å². The largest absolute Gasteiger partial charge is 0.397 e. The first kappa shape index (κ1) is 11.3. The fourth-order valence-electron chi connectivity index (χ4n) is 1.61. The van der Waals surface area contributed by atoms with E-state index >= 15 is 0 Å². The van der Waals surface area contributed by atoms with Gasteiger partial charge in [-0.1, -0.05) is 23.2 Å². The van der Waals surface area contributed by atoms with Gasteiger partial charge in [0.25, 0.3) is 0 Å². The van der Waals surface area contributed by atoms with E-state index in [-0.39, 0.29) is 0 Å². The molecule has 0 fully saturated rings. The number of nitrogens with zero attached hydrogens (tertiary/aromatic N) is 2. The van der Waals surface area contributed by atoms with Crippen LogP contribution in [0.25, 0.3) is 5.69 Å². The molecular formula is C11H11Cl2N3. The third-order valence-electron chi connectivity index (χ3n) is 2.31. The van der Waals surface area contributed by atoms with Gasteiger partial charge < -0.3 is 5.73 Å². The number of aromatic nitrogens is 2. The van der Waals surface area contributed by atoms with E-state index < -0.39 is 0 Å². The maximum Gasteiger partial charge on any atom is 0.0893 e. The molecule has 0 unspecified atom stereocenters. The molecule has 0 atom stereocenters. The minimum atomic E-state index is 0.449. The van der Waals surface area contributed by atoms with E-state index in [9.17, 15) is 0 Å². The summed E-state index contributed by atoms with van der Waals surface area (Å²) in [6.45, 7) is 3.89. The summed E-state index contributed by atoms with van der Waals surface area (Å²) in [5, 5.41) is 5.27. The summed E-state index contributed by atoms with van der Waals surface area (Å²) in [7, 11) is 0.